The van der Waals surface area contributed by atoms with Gasteiger partial charge in [-0.15, -0.1) is 0 Å². The van der Waals surface area contributed by atoms with Gasteiger partial charge in [0.25, 0.3) is 5.91 Å². The molecule has 188 valence electrons. The summed E-state index contributed by atoms with van der Waals surface area (Å²) in [6, 6.07) is 15.5. The number of nitrogens with one attached hydrogen (secondary N) is 1. The minimum absolute atomic E-state index is 0.118. The van der Waals surface area contributed by atoms with Gasteiger partial charge >= 0.3 is 0 Å². The molecule has 1 fully saturated rings. The Bertz CT molecular complexity index is 1410. The third kappa shape index (κ3) is 5.17. The van der Waals surface area contributed by atoms with Crippen LogP contribution < -0.4 is 14.8 Å². The molecule has 0 unspecified atom stereocenters. The predicted octanol–water partition coefficient (Wildman–Crippen LogP) is 3.97. The average molecular weight is 532 g/mol. The van der Waals surface area contributed by atoms with Crippen LogP contribution in [-0.2, 0) is 16.6 Å². The maximum atomic E-state index is 14.8. The van der Waals surface area contributed by atoms with E-state index >= 15 is 0 Å². The average Bonchev–Trinajstić information content (AvgIpc) is 3.33. The molecule has 11 heteroatoms. The molecule has 3 aromatic rings. The topological polar surface area (TPSA) is 88.2 Å². The van der Waals surface area contributed by atoms with Crippen LogP contribution in [0, 0.1) is 5.82 Å². The lowest BCUT2D eigenvalue weighted by molar-refractivity contribution is 0.102. The normalized spacial score (nSPS) is 16.2. The molecule has 5 rings (SSSR count). The molecule has 1 saturated heterocycles. The molecule has 1 N–H and O–H groups in total. The summed E-state index contributed by atoms with van der Waals surface area (Å²) >= 11 is 5.90. The zero-order chi connectivity index (χ0) is 25.3. The van der Waals surface area contributed by atoms with E-state index in [0.717, 1.165) is 17.4 Å². The number of anilines is 1. The molecule has 36 heavy (non-hydrogen) atoms. The number of hydrogen-bond acceptors (Lipinski definition) is 6. The van der Waals surface area contributed by atoms with Gasteiger partial charge < -0.3 is 14.8 Å². The number of nitrogens with zero attached hydrogens (tertiary/aromatic N) is 2. The molecular weight excluding hydrogens is 509 g/mol. The summed E-state index contributed by atoms with van der Waals surface area (Å²) in [6.07, 6.45) is 0. The molecule has 2 aliphatic heterocycles. The Morgan fingerprint density at radius 2 is 1.75 bits per heavy atom. The Labute approximate surface area is 213 Å². The molecule has 0 bridgehead atoms. The molecule has 2 aliphatic rings. The first-order valence-electron chi connectivity index (χ1n) is 11.3. The summed E-state index contributed by atoms with van der Waals surface area (Å²) < 4.78 is 53.1. The minimum atomic E-state index is -3.89. The first kappa shape index (κ1) is 24.5. The number of sulfonamides is 1. The zero-order valence-corrected chi connectivity index (χ0v) is 20.7. The number of piperazine rings is 1. The molecule has 0 atom stereocenters. The van der Waals surface area contributed by atoms with Crippen molar-refractivity contribution in [1.82, 2.24) is 9.21 Å². The number of hydrogen-bond donors (Lipinski definition) is 1. The molecule has 0 saturated carbocycles. The quantitative estimate of drug-likeness (QED) is 0.518. The summed E-state index contributed by atoms with van der Waals surface area (Å²) in [5.41, 5.74) is 1.19. The molecule has 0 radical (unpaired) electrons. The highest BCUT2D eigenvalue weighted by Gasteiger charge is 2.29. The number of fused-ring (bicyclic) bond motifs is 1. The second-order valence-corrected chi connectivity index (χ2v) is 10.8. The van der Waals surface area contributed by atoms with Crippen LogP contribution >= 0.6 is 11.6 Å². The summed E-state index contributed by atoms with van der Waals surface area (Å²) in [6.45, 7) is 2.49. The Morgan fingerprint density at radius 1 is 0.972 bits per heavy atom. The van der Waals surface area contributed by atoms with Gasteiger partial charge in [0.2, 0.25) is 16.8 Å². The zero-order valence-electron chi connectivity index (χ0n) is 19.1. The van der Waals surface area contributed by atoms with Crippen molar-refractivity contribution in [2.45, 2.75) is 11.4 Å². The van der Waals surface area contributed by atoms with E-state index in [1.165, 1.54) is 22.5 Å². The first-order valence-corrected chi connectivity index (χ1v) is 13.1. The highest BCUT2D eigenvalue weighted by atomic mass is 35.5. The van der Waals surface area contributed by atoms with Crippen LogP contribution in [-0.4, -0.2) is 56.5 Å². The largest absolute Gasteiger partial charge is 0.454 e. The smallest absolute Gasteiger partial charge is 0.255 e. The fourth-order valence-corrected chi connectivity index (χ4v) is 5.78. The van der Waals surface area contributed by atoms with Crippen molar-refractivity contribution in [2.24, 2.45) is 0 Å². The SMILES string of the molecule is O=C(Nc1ccc(S(=O)(=O)N2CCN(Cc3ccc4c(c3)OCO4)CC2)cc1F)c1cccc(Cl)c1. The summed E-state index contributed by atoms with van der Waals surface area (Å²) in [4.78, 5) is 14.4. The lowest BCUT2D eigenvalue weighted by Gasteiger charge is -2.34. The monoisotopic (exact) mass is 531 g/mol. The lowest BCUT2D eigenvalue weighted by atomic mass is 10.2. The van der Waals surface area contributed by atoms with Gasteiger partial charge in [-0.2, -0.15) is 4.31 Å². The number of halogens is 2. The molecular formula is C25H23ClFN3O5S. The van der Waals surface area contributed by atoms with Crippen molar-refractivity contribution in [3.63, 3.8) is 0 Å². The Balaban J connectivity index is 1.21. The highest BCUT2D eigenvalue weighted by molar-refractivity contribution is 7.89. The Hall–Kier alpha value is -3.18. The first-order chi connectivity index (χ1) is 17.3. The van der Waals surface area contributed by atoms with E-state index in [0.29, 0.717) is 30.4 Å². The maximum Gasteiger partial charge on any atom is 0.255 e. The molecule has 2 heterocycles. The van der Waals surface area contributed by atoms with E-state index in [-0.39, 0.29) is 36.0 Å². The fraction of sp³-hybridized carbons (Fsp3) is 0.240. The molecule has 3 aromatic carbocycles. The fourth-order valence-electron chi connectivity index (χ4n) is 4.16. The molecule has 0 aromatic heterocycles. The van der Waals surface area contributed by atoms with Crippen LogP contribution in [0.15, 0.2) is 65.6 Å². The van der Waals surface area contributed by atoms with Crippen LogP contribution in [0.4, 0.5) is 10.1 Å². The molecule has 0 aliphatic carbocycles. The van der Waals surface area contributed by atoms with Crippen molar-refractivity contribution in [3.05, 3.63) is 82.6 Å². The molecule has 8 nitrogen and oxygen atoms in total. The van der Waals surface area contributed by atoms with Crippen molar-refractivity contribution in [1.29, 1.82) is 0 Å². The number of carbonyl (C=O) groups is 1. The third-order valence-electron chi connectivity index (χ3n) is 6.09. The number of rotatable bonds is 6. The molecule has 1 amide bonds. The Kier molecular flexibility index (Phi) is 6.85. The second kappa shape index (κ2) is 10.1. The van der Waals surface area contributed by atoms with Gasteiger partial charge in [0, 0.05) is 43.3 Å². The van der Waals surface area contributed by atoms with E-state index in [4.69, 9.17) is 21.1 Å². The second-order valence-electron chi connectivity index (χ2n) is 8.47. The number of amides is 1. The summed E-state index contributed by atoms with van der Waals surface area (Å²) in [7, 11) is -3.89. The van der Waals surface area contributed by atoms with Crippen molar-refractivity contribution < 1.29 is 27.1 Å². The van der Waals surface area contributed by atoms with Crippen LogP contribution in [0.25, 0.3) is 0 Å². The number of ether oxygens (including phenoxy) is 2. The van der Waals surface area contributed by atoms with E-state index in [1.54, 1.807) is 18.2 Å². The Morgan fingerprint density at radius 3 is 2.50 bits per heavy atom. The van der Waals surface area contributed by atoms with Crippen molar-refractivity contribution in [3.8, 4) is 11.5 Å². The van der Waals surface area contributed by atoms with E-state index in [2.05, 4.69) is 10.2 Å². The van der Waals surface area contributed by atoms with Gasteiger partial charge in [0.05, 0.1) is 10.6 Å². The number of carbonyl (C=O) groups excluding carboxylic acids is 1. The standard InChI is InChI=1S/C25H23ClFN3O5S/c26-19-3-1-2-18(13-19)25(31)28-22-6-5-20(14-21(22)27)36(32,33)30-10-8-29(9-11-30)15-17-4-7-23-24(12-17)35-16-34-23/h1-7,12-14H,8-11,15-16H2,(H,28,31). The van der Waals surface area contributed by atoms with E-state index in [9.17, 15) is 17.6 Å². The van der Waals surface area contributed by atoms with Gasteiger partial charge in [0.15, 0.2) is 11.5 Å². The summed E-state index contributed by atoms with van der Waals surface area (Å²) in [5, 5.41) is 2.83. The summed E-state index contributed by atoms with van der Waals surface area (Å²) in [5.74, 6) is 0.0402. The van der Waals surface area contributed by atoms with Gasteiger partial charge in [-0.25, -0.2) is 12.8 Å². The van der Waals surface area contributed by atoms with Crippen molar-refractivity contribution >= 4 is 33.2 Å². The van der Waals surface area contributed by atoms with Crippen LogP contribution in [0.5, 0.6) is 11.5 Å². The molecule has 0 spiro atoms. The minimum Gasteiger partial charge on any atom is -0.454 e. The van der Waals surface area contributed by atoms with Crippen LogP contribution in [0.1, 0.15) is 15.9 Å². The maximum absolute atomic E-state index is 14.8. The van der Waals surface area contributed by atoms with Gasteiger partial charge in [-0.3, -0.25) is 9.69 Å². The van der Waals surface area contributed by atoms with Gasteiger partial charge in [0.1, 0.15) is 5.82 Å². The van der Waals surface area contributed by atoms with E-state index in [1.807, 2.05) is 18.2 Å². The lowest BCUT2D eigenvalue weighted by Crippen LogP contribution is -2.48. The van der Waals surface area contributed by atoms with Gasteiger partial charge in [-0.1, -0.05) is 23.7 Å². The van der Waals surface area contributed by atoms with Crippen LogP contribution in [0.2, 0.25) is 5.02 Å². The van der Waals surface area contributed by atoms with Crippen molar-refractivity contribution in [2.75, 3.05) is 38.3 Å². The van der Waals surface area contributed by atoms with E-state index < -0.39 is 21.7 Å². The van der Waals surface area contributed by atoms with Crippen LogP contribution in [0.3, 0.4) is 0 Å². The number of benzene rings is 3. The predicted molar refractivity (Wildman–Crippen MR) is 132 cm³/mol. The highest BCUT2D eigenvalue weighted by Crippen LogP contribution is 2.33. The van der Waals surface area contributed by atoms with Gasteiger partial charge in [-0.05, 0) is 54.1 Å². The third-order valence-corrected chi connectivity index (χ3v) is 8.22.